The molecule has 3 aromatic carbocycles. The summed E-state index contributed by atoms with van der Waals surface area (Å²) in [4.78, 5) is 51.9. The molecule has 0 aliphatic carbocycles. The number of likely N-dealkylation sites (N-methyl/N-ethyl adjacent to an activating group) is 1. The number of aromatic nitrogens is 3. The lowest BCUT2D eigenvalue weighted by atomic mass is 9.99. The summed E-state index contributed by atoms with van der Waals surface area (Å²) < 4.78 is 7.25. The lowest BCUT2D eigenvalue weighted by Gasteiger charge is -2.25. The predicted octanol–water partition coefficient (Wildman–Crippen LogP) is 5.40. The number of nitrogens with two attached hydrogens (primary N) is 1. The van der Waals surface area contributed by atoms with Crippen LogP contribution in [0.4, 0.5) is 5.82 Å². The summed E-state index contributed by atoms with van der Waals surface area (Å²) in [5.41, 5.74) is 10.8. The molecule has 2 atom stereocenters. The van der Waals surface area contributed by atoms with Gasteiger partial charge in [0.05, 0.1) is 23.5 Å². The Morgan fingerprint density at radius 2 is 1.60 bits per heavy atom. The second kappa shape index (κ2) is 16.5. The lowest BCUT2D eigenvalue weighted by molar-refractivity contribution is -0.167. The Balaban J connectivity index is 1.29. The molecule has 11 heteroatoms. The van der Waals surface area contributed by atoms with Crippen LogP contribution in [0.2, 0.25) is 0 Å². The first-order chi connectivity index (χ1) is 24.1. The van der Waals surface area contributed by atoms with Crippen molar-refractivity contribution < 1.29 is 24.2 Å². The Morgan fingerprint density at radius 1 is 0.900 bits per heavy atom. The number of ether oxygens (including phenoxy) is 1. The van der Waals surface area contributed by atoms with E-state index in [2.05, 4.69) is 22.5 Å². The number of rotatable bonds is 15. The molecule has 11 nitrogen and oxygen atoms in total. The zero-order valence-electron chi connectivity index (χ0n) is 29.2. The van der Waals surface area contributed by atoms with Crippen LogP contribution in [0.25, 0.3) is 21.9 Å². The first-order valence-electron chi connectivity index (χ1n) is 17.1. The Kier molecular flexibility index (Phi) is 11.9. The molecule has 0 aliphatic heterocycles. The van der Waals surface area contributed by atoms with Crippen LogP contribution in [0, 0.1) is 0 Å². The van der Waals surface area contributed by atoms with Gasteiger partial charge in [0.2, 0.25) is 5.91 Å². The number of pyridine rings is 1. The number of aliphatic hydroxyl groups is 1. The smallest absolute Gasteiger partial charge is 0.347 e. The third kappa shape index (κ3) is 8.53. The van der Waals surface area contributed by atoms with Crippen LogP contribution in [0.15, 0.2) is 78.9 Å². The number of benzene rings is 3. The molecule has 0 spiro atoms. The fourth-order valence-electron chi connectivity index (χ4n) is 6.04. The lowest BCUT2D eigenvalue weighted by Crippen LogP contribution is -2.38. The summed E-state index contributed by atoms with van der Waals surface area (Å²) in [7, 11) is 3.74. The van der Waals surface area contributed by atoms with Crippen LogP contribution in [0.3, 0.4) is 0 Å². The van der Waals surface area contributed by atoms with Crippen molar-refractivity contribution in [1.82, 2.24) is 24.3 Å². The minimum Gasteiger partial charge on any atom is -0.390 e. The molecule has 0 bridgehead atoms. The number of carbonyl (C=O) groups excluding carboxylic acids is 3. The van der Waals surface area contributed by atoms with E-state index < -0.39 is 24.0 Å². The highest BCUT2D eigenvalue weighted by Gasteiger charge is 2.26. The quantitative estimate of drug-likeness (QED) is 0.110. The van der Waals surface area contributed by atoms with Crippen LogP contribution in [-0.4, -0.2) is 74.5 Å². The largest absolute Gasteiger partial charge is 0.390 e. The Labute approximate surface area is 292 Å². The molecular formula is C39H46N6O5. The van der Waals surface area contributed by atoms with Crippen LogP contribution in [-0.2, 0) is 38.6 Å². The number of hydrogen-bond acceptors (Lipinski definition) is 9. The average molecular weight is 679 g/mol. The van der Waals surface area contributed by atoms with E-state index in [1.165, 1.54) is 0 Å². The third-order valence-electron chi connectivity index (χ3n) is 8.80. The van der Waals surface area contributed by atoms with Crippen molar-refractivity contribution in [2.45, 2.75) is 64.6 Å². The van der Waals surface area contributed by atoms with Crippen LogP contribution >= 0.6 is 0 Å². The van der Waals surface area contributed by atoms with Crippen molar-refractivity contribution in [3.05, 3.63) is 101 Å². The molecule has 1 amide bonds. The van der Waals surface area contributed by atoms with Gasteiger partial charge in [-0.05, 0) is 56.6 Å². The van der Waals surface area contributed by atoms with Gasteiger partial charge in [0.15, 0.2) is 11.9 Å². The number of fused-ring (bicyclic) bond motifs is 3. The highest BCUT2D eigenvalue weighted by molar-refractivity contribution is 6.06. The summed E-state index contributed by atoms with van der Waals surface area (Å²) in [6.07, 6.45) is 2.01. The maximum atomic E-state index is 13.4. The normalized spacial score (nSPS) is 12.7. The zero-order chi connectivity index (χ0) is 35.8. The number of anilines is 1. The third-order valence-corrected chi connectivity index (χ3v) is 8.80. The molecule has 0 radical (unpaired) electrons. The SMILES string of the molecule is CCCCc1nc2c(N)nc3ccccc3c2n1CCCN(Cc1ccc(C(C)C(=O)OC(=O)[C@H](O)c2ccccc2)cc1)C(=O)CN(C)C. The van der Waals surface area contributed by atoms with Crippen LogP contribution in [0.5, 0.6) is 0 Å². The molecule has 0 fully saturated rings. The number of aryl methyl sites for hydroxylation is 2. The minimum absolute atomic E-state index is 0.00657. The first-order valence-corrected chi connectivity index (χ1v) is 17.1. The molecule has 0 saturated carbocycles. The van der Waals surface area contributed by atoms with Crippen molar-refractivity contribution in [2.24, 2.45) is 0 Å². The van der Waals surface area contributed by atoms with Crippen LogP contribution in [0.1, 0.15) is 67.6 Å². The predicted molar refractivity (Wildman–Crippen MR) is 194 cm³/mol. The van der Waals surface area contributed by atoms with E-state index in [1.54, 1.807) is 49.4 Å². The van der Waals surface area contributed by atoms with Crippen molar-refractivity contribution >= 4 is 45.6 Å². The molecular weight excluding hydrogens is 632 g/mol. The number of aliphatic hydroxyl groups excluding tert-OH is 1. The fourth-order valence-corrected chi connectivity index (χ4v) is 6.04. The fraction of sp³-hybridized carbons (Fsp3) is 0.359. The van der Waals surface area contributed by atoms with Gasteiger partial charge >= 0.3 is 11.9 Å². The second-order valence-electron chi connectivity index (χ2n) is 12.9. The molecule has 1 unspecified atom stereocenters. The van der Waals surface area contributed by atoms with Gasteiger partial charge in [-0.15, -0.1) is 0 Å². The van der Waals surface area contributed by atoms with E-state index in [0.29, 0.717) is 48.5 Å². The van der Waals surface area contributed by atoms with E-state index in [0.717, 1.165) is 47.1 Å². The van der Waals surface area contributed by atoms with E-state index >= 15 is 0 Å². The molecule has 262 valence electrons. The molecule has 2 aromatic heterocycles. The molecule has 50 heavy (non-hydrogen) atoms. The molecule has 5 aromatic rings. The minimum atomic E-state index is -1.55. The number of unbranched alkanes of at least 4 members (excludes halogenated alkanes) is 1. The topological polar surface area (TPSA) is 144 Å². The number of imidazole rings is 1. The molecule has 0 aliphatic rings. The summed E-state index contributed by atoms with van der Waals surface area (Å²) in [6.45, 7) is 5.64. The molecule has 2 heterocycles. The maximum absolute atomic E-state index is 13.4. The van der Waals surface area contributed by atoms with Crippen molar-refractivity contribution in [3.8, 4) is 0 Å². The first kappa shape index (κ1) is 36.2. The van der Waals surface area contributed by atoms with Gasteiger partial charge in [-0.1, -0.05) is 86.1 Å². The Bertz CT molecular complexity index is 1940. The molecule has 5 rings (SSSR count). The number of esters is 2. The van der Waals surface area contributed by atoms with Gasteiger partial charge in [0.25, 0.3) is 0 Å². The van der Waals surface area contributed by atoms with E-state index in [1.807, 2.05) is 54.2 Å². The van der Waals surface area contributed by atoms with Gasteiger partial charge in [0.1, 0.15) is 11.3 Å². The monoisotopic (exact) mass is 678 g/mol. The summed E-state index contributed by atoms with van der Waals surface area (Å²) in [5, 5.41) is 11.3. The van der Waals surface area contributed by atoms with E-state index in [-0.39, 0.29) is 12.5 Å². The molecule has 0 saturated heterocycles. The number of carbonyl (C=O) groups is 3. The van der Waals surface area contributed by atoms with E-state index in [4.69, 9.17) is 15.5 Å². The number of hydrogen-bond donors (Lipinski definition) is 2. The maximum Gasteiger partial charge on any atom is 0.347 e. The highest BCUT2D eigenvalue weighted by atomic mass is 16.6. The van der Waals surface area contributed by atoms with Crippen molar-refractivity contribution in [2.75, 3.05) is 32.9 Å². The average Bonchev–Trinajstić information content (AvgIpc) is 3.49. The standard InChI is InChI=1S/C39H46N6O5/c1-5-6-17-32-42-34-35(30-15-10-11-16-31(30)41-37(34)40)45(32)23-12-22-44(33(46)25-43(3)4)24-27-18-20-28(21-19-27)26(2)38(48)50-39(49)36(47)29-13-8-7-9-14-29/h7-11,13-16,18-21,26,36,47H,5-6,12,17,22-25H2,1-4H3,(H2,40,41)/t26?,36-/m1/s1. The van der Waals surface area contributed by atoms with Gasteiger partial charge < -0.3 is 29.9 Å². The summed E-state index contributed by atoms with van der Waals surface area (Å²) in [6, 6.07) is 23.6. The van der Waals surface area contributed by atoms with Crippen LogP contribution < -0.4 is 5.73 Å². The molecule has 3 N–H and O–H groups in total. The summed E-state index contributed by atoms with van der Waals surface area (Å²) in [5.74, 6) is -1.12. The Hall–Kier alpha value is -5.13. The van der Waals surface area contributed by atoms with E-state index in [9.17, 15) is 19.5 Å². The van der Waals surface area contributed by atoms with Crippen molar-refractivity contribution in [3.63, 3.8) is 0 Å². The summed E-state index contributed by atoms with van der Waals surface area (Å²) >= 11 is 0. The number of nitrogen functional groups attached to an aromatic ring is 1. The highest BCUT2D eigenvalue weighted by Crippen LogP contribution is 2.30. The van der Waals surface area contributed by atoms with Gasteiger partial charge in [0, 0.05) is 31.4 Å². The van der Waals surface area contributed by atoms with Gasteiger partial charge in [-0.2, -0.15) is 0 Å². The number of amides is 1. The Morgan fingerprint density at radius 3 is 2.30 bits per heavy atom. The number of para-hydroxylation sites is 1. The zero-order valence-corrected chi connectivity index (χ0v) is 29.2. The van der Waals surface area contributed by atoms with Gasteiger partial charge in [-0.3, -0.25) is 9.59 Å². The number of nitrogens with zero attached hydrogens (tertiary/aromatic N) is 5. The van der Waals surface area contributed by atoms with Gasteiger partial charge in [-0.25, -0.2) is 14.8 Å². The second-order valence-corrected chi connectivity index (χ2v) is 12.9. The van der Waals surface area contributed by atoms with Crippen molar-refractivity contribution in [1.29, 1.82) is 0 Å².